The molecule has 1 fully saturated rings. The minimum Gasteiger partial charge on any atom is -0.364 e. The smallest absolute Gasteiger partial charge is 0.194 e. The summed E-state index contributed by atoms with van der Waals surface area (Å²) in [5, 5.41) is 7.46. The highest BCUT2D eigenvalue weighted by Gasteiger charge is 2.20. The number of nitrogens with one attached hydrogen (secondary N) is 1. The van der Waals surface area contributed by atoms with Crippen LogP contribution in [0.2, 0.25) is 0 Å². The zero-order valence-corrected chi connectivity index (χ0v) is 19.7. The fraction of sp³-hybridized carbons (Fsp3) is 0.476. The van der Waals surface area contributed by atoms with E-state index in [9.17, 15) is 0 Å². The fourth-order valence-corrected chi connectivity index (χ4v) is 3.71. The van der Waals surface area contributed by atoms with Crippen molar-refractivity contribution in [3.05, 3.63) is 48.6 Å². The van der Waals surface area contributed by atoms with Crippen LogP contribution < -0.4 is 5.32 Å². The maximum Gasteiger partial charge on any atom is 0.194 e. The molecule has 4 rings (SSSR count). The number of halogens is 1. The predicted molar refractivity (Wildman–Crippen MR) is 129 cm³/mol. The molecule has 0 saturated carbocycles. The Morgan fingerprint density at radius 3 is 2.77 bits per heavy atom. The van der Waals surface area contributed by atoms with Crippen molar-refractivity contribution >= 4 is 41.0 Å². The van der Waals surface area contributed by atoms with E-state index in [4.69, 9.17) is 9.52 Å². The van der Waals surface area contributed by atoms with E-state index < -0.39 is 0 Å². The number of nitrogens with zero attached hydrogens (tertiary/aromatic N) is 6. The lowest BCUT2D eigenvalue weighted by atomic mass is 10.3. The lowest BCUT2D eigenvalue weighted by Gasteiger charge is -2.36. The van der Waals surface area contributed by atoms with Crippen LogP contribution in [0.15, 0.2) is 52.4 Å². The van der Waals surface area contributed by atoms with Gasteiger partial charge >= 0.3 is 0 Å². The van der Waals surface area contributed by atoms with Gasteiger partial charge in [0.2, 0.25) is 0 Å². The molecule has 1 aliphatic rings. The second-order valence-corrected chi connectivity index (χ2v) is 7.27. The summed E-state index contributed by atoms with van der Waals surface area (Å²) < 4.78 is 7.14. The van der Waals surface area contributed by atoms with Crippen molar-refractivity contribution in [3.63, 3.8) is 0 Å². The number of fused-ring (bicyclic) bond motifs is 1. The van der Waals surface area contributed by atoms with Gasteiger partial charge in [-0.1, -0.05) is 17.3 Å². The van der Waals surface area contributed by atoms with Crippen LogP contribution in [-0.2, 0) is 13.1 Å². The van der Waals surface area contributed by atoms with Crippen molar-refractivity contribution in [2.75, 3.05) is 39.3 Å². The van der Waals surface area contributed by atoms with Crippen LogP contribution in [0.1, 0.15) is 19.0 Å². The molecule has 162 valence electrons. The maximum absolute atomic E-state index is 4.93. The van der Waals surface area contributed by atoms with E-state index in [1.807, 2.05) is 18.5 Å². The van der Waals surface area contributed by atoms with Crippen LogP contribution >= 0.6 is 24.0 Å². The van der Waals surface area contributed by atoms with Crippen molar-refractivity contribution in [2.24, 2.45) is 4.99 Å². The topological polar surface area (TPSA) is 74.7 Å². The van der Waals surface area contributed by atoms with Crippen molar-refractivity contribution < 1.29 is 4.52 Å². The Bertz CT molecular complexity index is 916. The summed E-state index contributed by atoms with van der Waals surface area (Å²) in [5.74, 6) is 1.02. The monoisotopic (exact) mass is 523 g/mol. The second-order valence-electron chi connectivity index (χ2n) is 7.27. The van der Waals surface area contributed by atoms with Crippen LogP contribution in [0.5, 0.6) is 0 Å². The van der Waals surface area contributed by atoms with Crippen molar-refractivity contribution in [1.29, 1.82) is 0 Å². The molecule has 8 nitrogen and oxygen atoms in total. The van der Waals surface area contributed by atoms with Crippen LogP contribution in [0.25, 0.3) is 11.0 Å². The molecule has 1 saturated heterocycles. The Morgan fingerprint density at radius 2 is 2.00 bits per heavy atom. The zero-order valence-electron chi connectivity index (χ0n) is 17.4. The average Bonchev–Trinajstić information content (AvgIpc) is 3.41. The summed E-state index contributed by atoms with van der Waals surface area (Å²) in [6, 6.07) is 10.2. The largest absolute Gasteiger partial charge is 0.364 e. The Balaban J connectivity index is 0.00000256. The highest BCUT2D eigenvalue weighted by molar-refractivity contribution is 14.0. The lowest BCUT2D eigenvalue weighted by molar-refractivity contribution is 0.169. The minimum absolute atomic E-state index is 0. The predicted octanol–water partition coefficient (Wildman–Crippen LogP) is 2.82. The third-order valence-electron chi connectivity index (χ3n) is 5.23. The first-order valence-electron chi connectivity index (χ1n) is 10.4. The number of guanidine groups is 1. The van der Waals surface area contributed by atoms with Gasteiger partial charge < -0.3 is 19.3 Å². The van der Waals surface area contributed by atoms with E-state index in [1.54, 1.807) is 6.26 Å². The number of imidazole rings is 1. The Hall–Kier alpha value is -2.14. The SMILES string of the molecule is CCNC(=NCCCn1cnc2ccccc21)N1CCN(Cc2ccon2)CC1.I. The molecule has 1 N–H and O–H groups in total. The van der Waals surface area contributed by atoms with E-state index in [-0.39, 0.29) is 24.0 Å². The summed E-state index contributed by atoms with van der Waals surface area (Å²) >= 11 is 0. The van der Waals surface area contributed by atoms with Crippen LogP contribution in [0, 0.1) is 0 Å². The molecule has 0 atom stereocenters. The Kier molecular flexibility index (Phi) is 8.50. The molecular formula is C21H30IN7O. The van der Waals surface area contributed by atoms with E-state index in [0.717, 1.165) is 75.9 Å². The molecule has 0 amide bonds. The quantitative estimate of drug-likeness (QED) is 0.222. The zero-order chi connectivity index (χ0) is 19.9. The van der Waals surface area contributed by atoms with Gasteiger partial charge in [-0.25, -0.2) is 4.98 Å². The third-order valence-corrected chi connectivity index (χ3v) is 5.23. The van der Waals surface area contributed by atoms with Crippen LogP contribution in [-0.4, -0.2) is 69.7 Å². The van der Waals surface area contributed by atoms with Gasteiger partial charge in [0.15, 0.2) is 5.96 Å². The van der Waals surface area contributed by atoms with Gasteiger partial charge in [-0.3, -0.25) is 9.89 Å². The highest BCUT2D eigenvalue weighted by Crippen LogP contribution is 2.12. The number of aryl methyl sites for hydroxylation is 1. The summed E-state index contributed by atoms with van der Waals surface area (Å²) in [7, 11) is 0. The minimum atomic E-state index is 0. The Labute approximate surface area is 194 Å². The number of aliphatic imine (C=N–C) groups is 1. The molecule has 0 spiro atoms. The number of hydrogen-bond donors (Lipinski definition) is 1. The van der Waals surface area contributed by atoms with Gasteiger partial charge in [0.25, 0.3) is 0 Å². The van der Waals surface area contributed by atoms with Crippen molar-refractivity contribution in [2.45, 2.75) is 26.4 Å². The van der Waals surface area contributed by atoms with Gasteiger partial charge in [0, 0.05) is 58.4 Å². The molecule has 1 aliphatic heterocycles. The molecule has 3 aromatic rings. The molecule has 0 aliphatic carbocycles. The number of para-hydroxylation sites is 2. The fourth-order valence-electron chi connectivity index (χ4n) is 3.71. The molecule has 2 aromatic heterocycles. The van der Waals surface area contributed by atoms with Crippen molar-refractivity contribution in [3.8, 4) is 0 Å². The van der Waals surface area contributed by atoms with Crippen molar-refractivity contribution in [1.82, 2.24) is 29.8 Å². The molecule has 0 radical (unpaired) electrons. The second kappa shape index (κ2) is 11.3. The number of hydrogen-bond acceptors (Lipinski definition) is 5. The molecular weight excluding hydrogens is 493 g/mol. The van der Waals surface area contributed by atoms with E-state index >= 15 is 0 Å². The highest BCUT2D eigenvalue weighted by atomic mass is 127. The van der Waals surface area contributed by atoms with E-state index in [1.165, 1.54) is 5.52 Å². The summed E-state index contributed by atoms with van der Waals surface area (Å²) in [5.41, 5.74) is 3.23. The molecule has 3 heterocycles. The summed E-state index contributed by atoms with van der Waals surface area (Å²) in [6.45, 7) is 9.50. The number of aromatic nitrogens is 3. The van der Waals surface area contributed by atoms with E-state index in [0.29, 0.717) is 0 Å². The van der Waals surface area contributed by atoms with Crippen LogP contribution in [0.3, 0.4) is 0 Å². The summed E-state index contributed by atoms with van der Waals surface area (Å²) in [4.78, 5) is 14.1. The standard InChI is InChI=1S/C21H29N7O.HI/c1-2-22-21(27-13-11-26(12-14-27)16-18-8-15-29-25-18)23-9-5-10-28-17-24-19-6-3-4-7-20(19)28;/h3-4,6-8,15,17H,2,5,9-14,16H2,1H3,(H,22,23);1H. The average molecular weight is 523 g/mol. The maximum atomic E-state index is 4.93. The number of rotatable bonds is 7. The molecule has 9 heteroatoms. The van der Waals surface area contributed by atoms with Crippen LogP contribution in [0.4, 0.5) is 0 Å². The normalized spacial score (nSPS) is 15.4. The van der Waals surface area contributed by atoms with Gasteiger partial charge in [0.05, 0.1) is 23.1 Å². The van der Waals surface area contributed by atoms with Gasteiger partial charge in [0.1, 0.15) is 6.26 Å². The first-order chi connectivity index (χ1) is 14.3. The van der Waals surface area contributed by atoms with Gasteiger partial charge in [-0.05, 0) is 25.5 Å². The molecule has 0 unspecified atom stereocenters. The molecule has 1 aromatic carbocycles. The first-order valence-corrected chi connectivity index (χ1v) is 10.4. The molecule has 0 bridgehead atoms. The number of piperazine rings is 1. The van der Waals surface area contributed by atoms with Gasteiger partial charge in [-0.15, -0.1) is 24.0 Å². The Morgan fingerprint density at radius 1 is 1.17 bits per heavy atom. The lowest BCUT2D eigenvalue weighted by Crippen LogP contribution is -2.52. The summed E-state index contributed by atoms with van der Waals surface area (Å²) in [6.07, 6.45) is 4.54. The van der Waals surface area contributed by atoms with E-state index in [2.05, 4.69) is 54.9 Å². The van der Waals surface area contributed by atoms with Gasteiger partial charge in [-0.2, -0.15) is 0 Å². The molecule has 30 heavy (non-hydrogen) atoms. The number of benzene rings is 1. The third kappa shape index (κ3) is 5.72. The first kappa shape index (κ1) is 22.5.